The second-order valence-electron chi connectivity index (χ2n) is 6.93. The minimum Gasteiger partial charge on any atom is -0.465 e. The summed E-state index contributed by atoms with van der Waals surface area (Å²) in [6, 6.07) is 0.272. The average Bonchev–Trinajstić information content (AvgIpc) is 2.51. The summed E-state index contributed by atoms with van der Waals surface area (Å²) < 4.78 is 0. The van der Waals surface area contributed by atoms with E-state index in [-0.39, 0.29) is 6.04 Å². The summed E-state index contributed by atoms with van der Waals surface area (Å²) in [5, 5.41) is 12.8. The molecule has 2 rings (SSSR count). The number of amides is 1. The monoisotopic (exact) mass is 296 g/mol. The average molecular weight is 296 g/mol. The Morgan fingerprint density at radius 3 is 2.52 bits per heavy atom. The third-order valence-electron chi connectivity index (χ3n) is 5.40. The molecular formula is C17H32N2O2. The van der Waals surface area contributed by atoms with Gasteiger partial charge < -0.3 is 15.3 Å². The van der Waals surface area contributed by atoms with Crippen LogP contribution in [-0.4, -0.2) is 41.8 Å². The van der Waals surface area contributed by atoms with E-state index in [0.29, 0.717) is 0 Å². The van der Waals surface area contributed by atoms with E-state index in [1.807, 2.05) is 0 Å². The molecule has 0 radical (unpaired) electrons. The molecule has 2 saturated heterocycles. The second-order valence-corrected chi connectivity index (χ2v) is 6.93. The molecule has 0 bridgehead atoms. The van der Waals surface area contributed by atoms with Gasteiger partial charge in [0.1, 0.15) is 0 Å². The lowest BCUT2D eigenvalue weighted by Gasteiger charge is -2.38. The van der Waals surface area contributed by atoms with Gasteiger partial charge in [0.05, 0.1) is 0 Å². The van der Waals surface area contributed by atoms with Gasteiger partial charge in [-0.3, -0.25) is 0 Å². The molecule has 0 aliphatic carbocycles. The molecule has 4 nitrogen and oxygen atoms in total. The van der Waals surface area contributed by atoms with Crippen LogP contribution >= 0.6 is 0 Å². The van der Waals surface area contributed by atoms with Crippen molar-refractivity contribution in [2.75, 3.05) is 19.6 Å². The lowest BCUT2D eigenvalue weighted by Crippen LogP contribution is -2.45. The molecule has 122 valence electrons. The maximum atomic E-state index is 11.4. The van der Waals surface area contributed by atoms with E-state index in [4.69, 9.17) is 0 Å². The Labute approximate surface area is 129 Å². The third kappa shape index (κ3) is 5.17. The van der Waals surface area contributed by atoms with Crippen LogP contribution in [-0.2, 0) is 0 Å². The summed E-state index contributed by atoms with van der Waals surface area (Å²) in [5.74, 6) is 1.65. The number of rotatable bonds is 6. The minimum absolute atomic E-state index is 0.272. The zero-order valence-electron chi connectivity index (χ0n) is 13.5. The van der Waals surface area contributed by atoms with Gasteiger partial charge in [-0.1, -0.05) is 32.6 Å². The third-order valence-corrected chi connectivity index (χ3v) is 5.40. The summed E-state index contributed by atoms with van der Waals surface area (Å²) >= 11 is 0. The number of piperidine rings is 2. The van der Waals surface area contributed by atoms with Crippen molar-refractivity contribution in [2.45, 2.75) is 70.8 Å². The molecule has 21 heavy (non-hydrogen) atoms. The van der Waals surface area contributed by atoms with Crippen LogP contribution in [0.25, 0.3) is 0 Å². The van der Waals surface area contributed by atoms with Crippen molar-refractivity contribution in [1.82, 2.24) is 10.2 Å². The fourth-order valence-corrected chi connectivity index (χ4v) is 4.00. The molecule has 2 atom stereocenters. The summed E-state index contributed by atoms with van der Waals surface area (Å²) in [4.78, 5) is 13.1. The summed E-state index contributed by atoms with van der Waals surface area (Å²) in [7, 11) is 0. The highest BCUT2D eigenvalue weighted by atomic mass is 16.4. The fraction of sp³-hybridized carbons (Fsp3) is 0.941. The van der Waals surface area contributed by atoms with Crippen molar-refractivity contribution in [1.29, 1.82) is 0 Å². The van der Waals surface area contributed by atoms with E-state index in [2.05, 4.69) is 12.2 Å². The maximum absolute atomic E-state index is 11.4. The summed E-state index contributed by atoms with van der Waals surface area (Å²) in [6.07, 6.45) is 10.1. The van der Waals surface area contributed by atoms with Gasteiger partial charge in [-0.05, 0) is 57.0 Å². The number of likely N-dealkylation sites (tertiary alicyclic amines) is 1. The Bertz CT molecular complexity index is 316. The van der Waals surface area contributed by atoms with Crippen molar-refractivity contribution in [3.63, 3.8) is 0 Å². The lowest BCUT2D eigenvalue weighted by molar-refractivity contribution is 0.0814. The zero-order valence-corrected chi connectivity index (χ0v) is 13.5. The van der Waals surface area contributed by atoms with Crippen LogP contribution in [0, 0.1) is 11.8 Å². The molecule has 2 fully saturated rings. The van der Waals surface area contributed by atoms with Crippen molar-refractivity contribution < 1.29 is 9.90 Å². The Balaban J connectivity index is 1.77. The van der Waals surface area contributed by atoms with Crippen molar-refractivity contribution >= 4 is 6.09 Å². The van der Waals surface area contributed by atoms with Crippen LogP contribution < -0.4 is 5.32 Å². The molecule has 0 aromatic carbocycles. The Morgan fingerprint density at radius 1 is 1.14 bits per heavy atom. The Morgan fingerprint density at radius 2 is 1.86 bits per heavy atom. The molecule has 0 aromatic heterocycles. The number of unbranched alkanes of at least 4 members (excludes halogenated alkanes) is 1. The topological polar surface area (TPSA) is 52.6 Å². The van der Waals surface area contributed by atoms with Gasteiger partial charge >= 0.3 is 6.09 Å². The van der Waals surface area contributed by atoms with E-state index in [1.165, 1.54) is 38.8 Å². The number of hydrogen-bond donors (Lipinski definition) is 2. The molecule has 2 heterocycles. The van der Waals surface area contributed by atoms with Gasteiger partial charge in [0.25, 0.3) is 0 Å². The summed E-state index contributed by atoms with van der Waals surface area (Å²) in [5.41, 5.74) is 0. The molecule has 0 aromatic rings. The molecular weight excluding hydrogens is 264 g/mol. The van der Waals surface area contributed by atoms with E-state index < -0.39 is 6.09 Å². The van der Waals surface area contributed by atoms with Crippen molar-refractivity contribution in [3.8, 4) is 0 Å². The highest BCUT2D eigenvalue weighted by molar-refractivity contribution is 5.65. The second kappa shape index (κ2) is 8.62. The van der Waals surface area contributed by atoms with E-state index in [9.17, 15) is 9.90 Å². The SMILES string of the molecule is CCCCC1CC(CCC2CCNCC2)CCN1C(=O)O. The largest absolute Gasteiger partial charge is 0.465 e. The first-order chi connectivity index (χ1) is 10.2. The van der Waals surface area contributed by atoms with E-state index >= 15 is 0 Å². The van der Waals surface area contributed by atoms with Gasteiger partial charge in [0.2, 0.25) is 0 Å². The van der Waals surface area contributed by atoms with E-state index in [0.717, 1.165) is 50.5 Å². The van der Waals surface area contributed by atoms with Gasteiger partial charge in [-0.15, -0.1) is 0 Å². The maximum Gasteiger partial charge on any atom is 0.407 e. The van der Waals surface area contributed by atoms with Crippen LogP contribution in [0.4, 0.5) is 4.79 Å². The first-order valence-electron chi connectivity index (χ1n) is 8.91. The number of carbonyl (C=O) groups is 1. The first kappa shape index (κ1) is 16.6. The molecule has 2 aliphatic rings. The number of hydrogen-bond acceptors (Lipinski definition) is 2. The molecule has 2 N–H and O–H groups in total. The molecule has 0 saturated carbocycles. The predicted molar refractivity (Wildman–Crippen MR) is 85.6 cm³/mol. The highest BCUT2D eigenvalue weighted by Crippen LogP contribution is 2.31. The smallest absolute Gasteiger partial charge is 0.407 e. The van der Waals surface area contributed by atoms with Crippen LogP contribution in [0.2, 0.25) is 0 Å². The molecule has 4 heteroatoms. The van der Waals surface area contributed by atoms with E-state index in [1.54, 1.807) is 4.90 Å². The molecule has 1 amide bonds. The van der Waals surface area contributed by atoms with Gasteiger partial charge in [0.15, 0.2) is 0 Å². The Hall–Kier alpha value is -0.770. The van der Waals surface area contributed by atoms with Crippen LogP contribution in [0.3, 0.4) is 0 Å². The standard InChI is InChI=1S/C17H32N2O2/c1-2-3-4-16-13-15(9-12-19(16)17(20)21)6-5-14-7-10-18-11-8-14/h14-16,18H,2-13H2,1H3,(H,20,21). The van der Waals surface area contributed by atoms with Crippen molar-refractivity contribution in [2.24, 2.45) is 11.8 Å². The zero-order chi connectivity index (χ0) is 15.1. The van der Waals surface area contributed by atoms with Crippen molar-refractivity contribution in [3.05, 3.63) is 0 Å². The summed E-state index contributed by atoms with van der Waals surface area (Å²) in [6.45, 7) is 5.30. The lowest BCUT2D eigenvalue weighted by atomic mass is 9.82. The number of nitrogens with zero attached hydrogens (tertiary/aromatic N) is 1. The van der Waals surface area contributed by atoms with Crippen LogP contribution in [0.1, 0.15) is 64.7 Å². The fourth-order valence-electron chi connectivity index (χ4n) is 4.00. The molecule has 0 spiro atoms. The normalized spacial score (nSPS) is 27.8. The first-order valence-corrected chi connectivity index (χ1v) is 8.91. The molecule has 2 aliphatic heterocycles. The quantitative estimate of drug-likeness (QED) is 0.785. The van der Waals surface area contributed by atoms with Crippen LogP contribution in [0.5, 0.6) is 0 Å². The number of nitrogens with one attached hydrogen (secondary N) is 1. The number of carboxylic acid groups (broad SMARTS) is 1. The highest BCUT2D eigenvalue weighted by Gasteiger charge is 2.31. The van der Waals surface area contributed by atoms with Gasteiger partial charge in [-0.25, -0.2) is 4.79 Å². The Kier molecular flexibility index (Phi) is 6.81. The minimum atomic E-state index is -0.715. The van der Waals surface area contributed by atoms with Gasteiger partial charge in [0, 0.05) is 12.6 Å². The molecule has 2 unspecified atom stereocenters. The predicted octanol–water partition coefficient (Wildman–Crippen LogP) is 3.72. The van der Waals surface area contributed by atoms with Gasteiger partial charge in [-0.2, -0.15) is 0 Å². The van der Waals surface area contributed by atoms with Crippen LogP contribution in [0.15, 0.2) is 0 Å².